The topological polar surface area (TPSA) is 98.5 Å². The van der Waals surface area contributed by atoms with Gasteiger partial charge in [0.2, 0.25) is 10.0 Å². The second kappa shape index (κ2) is 10.6. The number of nitrogens with one attached hydrogen (secondary N) is 1. The molecular weight excluding hydrogens is 359 g/mol. The molecule has 0 aliphatic rings. The molecule has 0 spiro atoms. The third kappa shape index (κ3) is 6.72. The number of rotatable bonds is 9. The minimum atomic E-state index is -3.97. The summed E-state index contributed by atoms with van der Waals surface area (Å²) in [6, 6.07) is 2.46. The summed E-state index contributed by atoms with van der Waals surface area (Å²) in [4.78, 5) is 11.3. The molecule has 1 atom stereocenters. The van der Waals surface area contributed by atoms with Crippen LogP contribution in [-0.4, -0.2) is 33.6 Å². The maximum Gasteiger partial charge on any atom is 0.338 e. The molecule has 0 saturated carbocycles. The Morgan fingerprint density at radius 1 is 1.33 bits per heavy atom. The Labute approximate surface area is 148 Å². The minimum absolute atomic E-state index is 0. The molecule has 3 N–H and O–H groups in total. The molecule has 1 aromatic rings. The highest BCUT2D eigenvalue weighted by atomic mass is 35.5. The Balaban J connectivity index is 0.00000529. The summed E-state index contributed by atoms with van der Waals surface area (Å²) in [6.45, 7) is 3.84. The van der Waals surface area contributed by atoms with Crippen LogP contribution in [0.5, 0.6) is 0 Å². The van der Waals surface area contributed by atoms with E-state index in [0.717, 1.165) is 31.0 Å². The third-order valence-electron chi connectivity index (χ3n) is 3.21. The highest BCUT2D eigenvalue weighted by Gasteiger charge is 2.22. The minimum Gasteiger partial charge on any atom is -0.462 e. The van der Waals surface area contributed by atoms with E-state index in [2.05, 4.69) is 4.72 Å². The van der Waals surface area contributed by atoms with Crippen LogP contribution in [0, 0.1) is 5.82 Å². The summed E-state index contributed by atoms with van der Waals surface area (Å²) in [5.41, 5.74) is 5.42. The molecular formula is C15H24ClFN2O4S. The summed E-state index contributed by atoms with van der Waals surface area (Å²) >= 11 is 0. The van der Waals surface area contributed by atoms with E-state index in [9.17, 15) is 17.6 Å². The fourth-order valence-corrected chi connectivity index (χ4v) is 3.35. The number of nitrogens with two attached hydrogens (primary N) is 1. The first-order valence-corrected chi connectivity index (χ1v) is 9.02. The van der Waals surface area contributed by atoms with Crippen molar-refractivity contribution in [2.45, 2.75) is 44.0 Å². The average Bonchev–Trinajstić information content (AvgIpc) is 2.51. The third-order valence-corrected chi connectivity index (χ3v) is 4.71. The number of unbranched alkanes of at least 4 members (excludes halogenated alkanes) is 1. The molecule has 0 saturated heterocycles. The number of sulfonamides is 1. The Morgan fingerprint density at radius 3 is 2.54 bits per heavy atom. The van der Waals surface area contributed by atoms with Crippen molar-refractivity contribution in [1.82, 2.24) is 4.72 Å². The lowest BCUT2D eigenvalue weighted by molar-refractivity contribution is 0.0525. The SMILES string of the molecule is CCCCC(CN)NS(=O)(=O)c1cc(F)cc(C(=O)OCC)c1.Cl. The lowest BCUT2D eigenvalue weighted by Gasteiger charge is -2.17. The van der Waals surface area contributed by atoms with Crippen LogP contribution in [-0.2, 0) is 14.8 Å². The maximum atomic E-state index is 13.7. The highest BCUT2D eigenvalue weighted by molar-refractivity contribution is 7.89. The van der Waals surface area contributed by atoms with Crippen LogP contribution in [0.15, 0.2) is 23.1 Å². The van der Waals surface area contributed by atoms with Gasteiger partial charge in [-0.25, -0.2) is 22.3 Å². The summed E-state index contributed by atoms with van der Waals surface area (Å²) in [5, 5.41) is 0. The van der Waals surface area contributed by atoms with E-state index in [1.165, 1.54) is 0 Å². The summed E-state index contributed by atoms with van der Waals surface area (Å²) < 4.78 is 45.6. The van der Waals surface area contributed by atoms with Crippen molar-refractivity contribution in [1.29, 1.82) is 0 Å². The van der Waals surface area contributed by atoms with Gasteiger partial charge in [0.1, 0.15) is 5.82 Å². The van der Waals surface area contributed by atoms with Gasteiger partial charge in [-0.2, -0.15) is 0 Å². The van der Waals surface area contributed by atoms with E-state index in [1.807, 2.05) is 6.92 Å². The van der Waals surface area contributed by atoms with Crippen LogP contribution in [0.4, 0.5) is 4.39 Å². The smallest absolute Gasteiger partial charge is 0.338 e. The molecule has 9 heteroatoms. The van der Waals surface area contributed by atoms with E-state index >= 15 is 0 Å². The average molecular weight is 383 g/mol. The molecule has 1 unspecified atom stereocenters. The molecule has 0 heterocycles. The van der Waals surface area contributed by atoms with Crippen LogP contribution < -0.4 is 10.5 Å². The molecule has 0 fully saturated rings. The Morgan fingerprint density at radius 2 is 2.00 bits per heavy atom. The zero-order valence-electron chi connectivity index (χ0n) is 13.7. The first-order valence-electron chi connectivity index (χ1n) is 7.54. The predicted molar refractivity (Wildman–Crippen MR) is 92.3 cm³/mol. The van der Waals surface area contributed by atoms with Crippen LogP contribution in [0.1, 0.15) is 43.5 Å². The van der Waals surface area contributed by atoms with Gasteiger partial charge in [0.15, 0.2) is 0 Å². The standard InChI is InChI=1S/C15H23FN2O4S.ClH/c1-3-5-6-13(10-17)18-23(20,21)14-8-11(7-12(16)9-14)15(19)22-4-2;/h7-9,13,18H,3-6,10,17H2,1-2H3;1H. The Kier molecular flexibility index (Phi) is 10.1. The normalized spacial score (nSPS) is 12.3. The molecule has 0 bridgehead atoms. The van der Waals surface area contributed by atoms with E-state index < -0.39 is 27.9 Å². The van der Waals surface area contributed by atoms with Crippen LogP contribution in [0.25, 0.3) is 0 Å². The Hall–Kier alpha value is -1.22. The number of carbonyl (C=O) groups is 1. The lowest BCUT2D eigenvalue weighted by Crippen LogP contribution is -2.40. The van der Waals surface area contributed by atoms with Gasteiger partial charge in [0.05, 0.1) is 17.1 Å². The van der Waals surface area contributed by atoms with Crippen molar-refractivity contribution >= 4 is 28.4 Å². The van der Waals surface area contributed by atoms with Gasteiger partial charge in [-0.15, -0.1) is 12.4 Å². The molecule has 0 aliphatic heterocycles. The van der Waals surface area contributed by atoms with Gasteiger partial charge in [-0.1, -0.05) is 19.8 Å². The number of hydrogen-bond acceptors (Lipinski definition) is 5. The Bertz CT molecular complexity index is 640. The van der Waals surface area contributed by atoms with E-state index in [0.29, 0.717) is 6.42 Å². The van der Waals surface area contributed by atoms with E-state index in [4.69, 9.17) is 10.5 Å². The maximum absolute atomic E-state index is 13.7. The lowest BCUT2D eigenvalue weighted by atomic mass is 10.1. The number of hydrogen-bond donors (Lipinski definition) is 2. The first-order chi connectivity index (χ1) is 10.8. The molecule has 0 aliphatic carbocycles. The highest BCUT2D eigenvalue weighted by Crippen LogP contribution is 2.16. The van der Waals surface area contributed by atoms with Gasteiger partial charge >= 0.3 is 5.97 Å². The second-order valence-corrected chi connectivity index (χ2v) is 6.81. The molecule has 0 aromatic heterocycles. The molecule has 0 amide bonds. The molecule has 1 rings (SSSR count). The van der Waals surface area contributed by atoms with Crippen molar-refractivity contribution in [2.24, 2.45) is 5.73 Å². The summed E-state index contributed by atoms with van der Waals surface area (Å²) in [7, 11) is -3.97. The van der Waals surface area contributed by atoms with Gasteiger partial charge in [-0.3, -0.25) is 0 Å². The van der Waals surface area contributed by atoms with Crippen molar-refractivity contribution in [2.75, 3.05) is 13.2 Å². The summed E-state index contributed by atoms with van der Waals surface area (Å²) in [6.07, 6.45) is 2.32. The van der Waals surface area contributed by atoms with Crippen LogP contribution in [0.3, 0.4) is 0 Å². The molecule has 6 nitrogen and oxygen atoms in total. The van der Waals surface area contributed by atoms with Gasteiger partial charge in [0.25, 0.3) is 0 Å². The fraction of sp³-hybridized carbons (Fsp3) is 0.533. The first kappa shape index (κ1) is 22.8. The van der Waals surface area contributed by atoms with Crippen molar-refractivity contribution in [3.05, 3.63) is 29.6 Å². The predicted octanol–water partition coefficient (Wildman–Crippen LogP) is 2.22. The van der Waals surface area contributed by atoms with E-state index in [1.54, 1.807) is 6.92 Å². The number of halogens is 2. The number of benzene rings is 1. The number of esters is 1. The van der Waals surface area contributed by atoms with Gasteiger partial charge in [0, 0.05) is 12.6 Å². The van der Waals surface area contributed by atoms with E-state index in [-0.39, 0.29) is 36.0 Å². The van der Waals surface area contributed by atoms with Crippen LogP contribution in [0.2, 0.25) is 0 Å². The molecule has 0 radical (unpaired) electrons. The summed E-state index contributed by atoms with van der Waals surface area (Å²) in [5.74, 6) is -1.60. The largest absolute Gasteiger partial charge is 0.462 e. The quantitative estimate of drug-likeness (QED) is 0.638. The molecule has 1 aromatic carbocycles. The van der Waals surface area contributed by atoms with Crippen molar-refractivity contribution in [3.8, 4) is 0 Å². The zero-order chi connectivity index (χ0) is 17.5. The second-order valence-electron chi connectivity index (χ2n) is 5.09. The fourth-order valence-electron chi connectivity index (χ4n) is 2.01. The van der Waals surface area contributed by atoms with Gasteiger partial charge < -0.3 is 10.5 Å². The number of carbonyl (C=O) groups excluding carboxylic acids is 1. The zero-order valence-corrected chi connectivity index (χ0v) is 15.4. The van der Waals surface area contributed by atoms with Gasteiger partial charge in [-0.05, 0) is 31.5 Å². The van der Waals surface area contributed by atoms with Crippen LogP contribution >= 0.6 is 12.4 Å². The monoisotopic (exact) mass is 382 g/mol. The molecule has 24 heavy (non-hydrogen) atoms. The molecule has 138 valence electrons. The van der Waals surface area contributed by atoms with Crippen molar-refractivity contribution < 1.29 is 22.3 Å². The van der Waals surface area contributed by atoms with Crippen molar-refractivity contribution in [3.63, 3.8) is 0 Å². The number of ether oxygens (including phenoxy) is 1.